The maximum atomic E-state index is 12.5. The minimum Gasteiger partial charge on any atom is -0.418 e. The number of rotatable bonds is 7. The number of thiol groups is 1. The molecule has 1 aliphatic rings. The molecule has 3 heterocycles. The number of halogens is 1. The Morgan fingerprint density at radius 3 is 2.71 bits per heavy atom. The van der Waals surface area contributed by atoms with Crippen LogP contribution in [0.25, 0.3) is 11.5 Å². The van der Waals surface area contributed by atoms with Gasteiger partial charge in [-0.15, -0.1) is 21.5 Å². The van der Waals surface area contributed by atoms with Crippen LogP contribution < -0.4 is 10.2 Å². The normalized spacial score (nSPS) is 15.2. The number of hydrogen-bond donors (Lipinski definition) is 2. The maximum absolute atomic E-state index is 12.5. The molecule has 3 aromatic rings. The van der Waals surface area contributed by atoms with Crippen LogP contribution in [0.5, 0.6) is 0 Å². The van der Waals surface area contributed by atoms with E-state index in [0.29, 0.717) is 39.6 Å². The maximum Gasteiger partial charge on any atom is 0.262 e. The zero-order valence-electron chi connectivity index (χ0n) is 16.6. The lowest BCUT2D eigenvalue weighted by Crippen LogP contribution is -2.35. The lowest BCUT2D eigenvalue weighted by Gasteiger charge is -2.26. The number of aromatic nitrogens is 2. The van der Waals surface area contributed by atoms with Gasteiger partial charge >= 0.3 is 0 Å². The highest BCUT2D eigenvalue weighted by atomic mass is 35.5. The number of nitrogens with one attached hydrogen (secondary N) is 1. The summed E-state index contributed by atoms with van der Waals surface area (Å²) in [5.74, 6) is 1.10. The van der Waals surface area contributed by atoms with Gasteiger partial charge in [0.25, 0.3) is 5.91 Å². The predicted octanol–water partition coefficient (Wildman–Crippen LogP) is 4.76. The van der Waals surface area contributed by atoms with E-state index in [4.69, 9.17) is 16.0 Å². The van der Waals surface area contributed by atoms with Crippen LogP contribution in [0.2, 0.25) is 4.34 Å². The van der Waals surface area contributed by atoms with Gasteiger partial charge < -0.3 is 14.6 Å². The van der Waals surface area contributed by atoms with Gasteiger partial charge in [-0.3, -0.25) is 9.59 Å². The fourth-order valence-electron chi connectivity index (χ4n) is 3.41. The first-order valence-electron chi connectivity index (χ1n) is 9.96. The molecule has 2 amide bonds. The Kier molecular flexibility index (Phi) is 6.94. The molecule has 1 aromatic carbocycles. The first-order valence-corrected chi connectivity index (χ1v) is 11.8. The van der Waals surface area contributed by atoms with Gasteiger partial charge in [-0.2, -0.15) is 12.6 Å². The van der Waals surface area contributed by atoms with E-state index in [1.807, 2.05) is 29.2 Å². The van der Waals surface area contributed by atoms with Gasteiger partial charge in [-0.05, 0) is 61.4 Å². The molecule has 1 unspecified atom stereocenters. The largest absolute Gasteiger partial charge is 0.418 e. The number of carbonyl (C=O) groups is 2. The Bertz CT molecular complexity index is 1070. The van der Waals surface area contributed by atoms with Crippen molar-refractivity contribution in [2.24, 2.45) is 0 Å². The van der Waals surface area contributed by atoms with Crippen molar-refractivity contribution in [2.45, 2.75) is 31.7 Å². The first kappa shape index (κ1) is 21.9. The van der Waals surface area contributed by atoms with Crippen molar-refractivity contribution in [3.8, 4) is 11.5 Å². The fourth-order valence-corrected chi connectivity index (χ4v) is 4.61. The molecular weight excluding hydrogens is 456 g/mol. The van der Waals surface area contributed by atoms with Crippen molar-refractivity contribution in [2.75, 3.05) is 17.2 Å². The molecule has 10 heteroatoms. The van der Waals surface area contributed by atoms with Gasteiger partial charge in [-0.1, -0.05) is 11.6 Å². The molecule has 0 radical (unpaired) electrons. The summed E-state index contributed by atoms with van der Waals surface area (Å²) in [5, 5.41) is 11.2. The molecule has 1 N–H and O–H groups in total. The van der Waals surface area contributed by atoms with Crippen molar-refractivity contribution >= 4 is 53.1 Å². The second kappa shape index (κ2) is 9.84. The molecule has 0 aliphatic carbocycles. The average molecular weight is 477 g/mol. The summed E-state index contributed by atoms with van der Waals surface area (Å²) in [6, 6.07) is 10.4. The third-order valence-corrected chi connectivity index (χ3v) is 6.50. The van der Waals surface area contributed by atoms with E-state index < -0.39 is 6.04 Å². The summed E-state index contributed by atoms with van der Waals surface area (Å²) in [7, 11) is 0. The minimum atomic E-state index is -0.461. The van der Waals surface area contributed by atoms with E-state index in [-0.39, 0.29) is 11.8 Å². The number of anilines is 1. The van der Waals surface area contributed by atoms with Crippen molar-refractivity contribution in [3.05, 3.63) is 51.5 Å². The summed E-state index contributed by atoms with van der Waals surface area (Å²) in [6.45, 7) is 0.740. The van der Waals surface area contributed by atoms with Gasteiger partial charge in [0.1, 0.15) is 6.04 Å². The smallest absolute Gasteiger partial charge is 0.262 e. The Labute approximate surface area is 194 Å². The molecule has 7 nitrogen and oxygen atoms in total. The third-order valence-electron chi connectivity index (χ3n) is 5.01. The molecule has 4 rings (SSSR count). The molecule has 1 aliphatic heterocycles. The number of nitrogens with zero attached hydrogens (tertiary/aromatic N) is 3. The summed E-state index contributed by atoms with van der Waals surface area (Å²) in [5.41, 5.74) is 1.61. The van der Waals surface area contributed by atoms with Crippen molar-refractivity contribution < 1.29 is 14.0 Å². The van der Waals surface area contributed by atoms with Gasteiger partial charge in [0.2, 0.25) is 17.7 Å². The van der Waals surface area contributed by atoms with Crippen LogP contribution in [0.15, 0.2) is 40.8 Å². The number of hydrogen-bond acceptors (Lipinski definition) is 7. The van der Waals surface area contributed by atoms with Crippen molar-refractivity contribution in [1.29, 1.82) is 0 Å². The zero-order chi connectivity index (χ0) is 21.8. The Hall–Kier alpha value is -2.36. The van der Waals surface area contributed by atoms with Crippen molar-refractivity contribution in [1.82, 2.24) is 15.5 Å². The van der Waals surface area contributed by atoms with Crippen LogP contribution in [0.3, 0.4) is 0 Å². The second-order valence-corrected chi connectivity index (χ2v) is 9.30. The monoisotopic (exact) mass is 476 g/mol. The number of piperidine rings is 1. The van der Waals surface area contributed by atoms with Crippen LogP contribution in [-0.2, 0) is 4.79 Å². The molecule has 2 aromatic heterocycles. The standard InChI is InChI=1S/C21H21ClN4O3S2/c22-17-9-8-16(31-17)19(28)23-15(10-12-30)21-25-24-20(29-21)13-4-6-14(7-5-13)26-11-2-1-3-18(26)27/h4-9,15,30H,1-3,10-12H2,(H,23,28). The highest BCUT2D eigenvalue weighted by Gasteiger charge is 2.23. The lowest BCUT2D eigenvalue weighted by molar-refractivity contribution is -0.119. The van der Waals surface area contributed by atoms with E-state index in [2.05, 4.69) is 28.1 Å². The summed E-state index contributed by atoms with van der Waals surface area (Å²) in [4.78, 5) is 26.9. The number of thiophene rings is 1. The molecule has 0 saturated carbocycles. The number of carbonyl (C=O) groups excluding carboxylic acids is 2. The predicted molar refractivity (Wildman–Crippen MR) is 124 cm³/mol. The van der Waals surface area contributed by atoms with Crippen LogP contribution >= 0.6 is 35.6 Å². The SMILES string of the molecule is O=C(NC(CCS)c1nnc(-c2ccc(N3CCCCC3=O)cc2)o1)c1ccc(Cl)s1. The quantitative estimate of drug-likeness (QED) is 0.480. The van der Waals surface area contributed by atoms with E-state index in [0.717, 1.165) is 30.6 Å². The van der Waals surface area contributed by atoms with E-state index in [1.54, 1.807) is 12.1 Å². The third kappa shape index (κ3) is 5.11. The van der Waals surface area contributed by atoms with Gasteiger partial charge in [0, 0.05) is 24.2 Å². The molecule has 31 heavy (non-hydrogen) atoms. The van der Waals surface area contributed by atoms with Gasteiger partial charge in [0.15, 0.2) is 0 Å². The summed E-state index contributed by atoms with van der Waals surface area (Å²) in [6.07, 6.45) is 3.08. The lowest BCUT2D eigenvalue weighted by atomic mass is 10.1. The molecule has 0 spiro atoms. The molecule has 1 atom stereocenters. The highest BCUT2D eigenvalue weighted by molar-refractivity contribution is 7.80. The van der Waals surface area contributed by atoms with E-state index >= 15 is 0 Å². The average Bonchev–Trinajstić information content (AvgIpc) is 3.43. The highest BCUT2D eigenvalue weighted by Crippen LogP contribution is 2.27. The van der Waals surface area contributed by atoms with Crippen LogP contribution in [0, 0.1) is 0 Å². The Morgan fingerprint density at radius 1 is 1.23 bits per heavy atom. The molecule has 1 saturated heterocycles. The summed E-state index contributed by atoms with van der Waals surface area (Å²) < 4.78 is 6.41. The fraction of sp³-hybridized carbons (Fsp3) is 0.333. The van der Waals surface area contributed by atoms with Crippen LogP contribution in [0.1, 0.15) is 47.3 Å². The Morgan fingerprint density at radius 2 is 2.03 bits per heavy atom. The number of amides is 2. The molecule has 1 fully saturated rings. The van der Waals surface area contributed by atoms with Crippen LogP contribution in [-0.4, -0.2) is 34.3 Å². The second-order valence-electron chi connectivity index (χ2n) is 7.14. The van der Waals surface area contributed by atoms with Gasteiger partial charge in [-0.25, -0.2) is 0 Å². The minimum absolute atomic E-state index is 0.149. The molecular formula is C21H21ClN4O3S2. The van der Waals surface area contributed by atoms with Gasteiger partial charge in [0.05, 0.1) is 9.21 Å². The van der Waals surface area contributed by atoms with E-state index in [9.17, 15) is 9.59 Å². The summed E-state index contributed by atoms with van der Waals surface area (Å²) >= 11 is 11.4. The molecule has 0 bridgehead atoms. The van der Waals surface area contributed by atoms with Crippen LogP contribution in [0.4, 0.5) is 5.69 Å². The topological polar surface area (TPSA) is 88.3 Å². The Balaban J connectivity index is 1.48. The first-order chi connectivity index (χ1) is 15.0. The number of benzene rings is 1. The van der Waals surface area contributed by atoms with E-state index in [1.165, 1.54) is 11.3 Å². The zero-order valence-corrected chi connectivity index (χ0v) is 19.1. The van der Waals surface area contributed by atoms with Crippen molar-refractivity contribution in [3.63, 3.8) is 0 Å². The molecule has 162 valence electrons.